The summed E-state index contributed by atoms with van der Waals surface area (Å²) in [5.41, 5.74) is 5.50. The van der Waals surface area contributed by atoms with Crippen LogP contribution in [0.1, 0.15) is 46.7 Å². The molecule has 5 rings (SSSR count). The van der Waals surface area contributed by atoms with E-state index in [1.54, 1.807) is 24.3 Å². The summed E-state index contributed by atoms with van der Waals surface area (Å²) in [5, 5.41) is 20.9. The zero-order valence-electron chi connectivity index (χ0n) is 12.2. The second-order valence-electron chi connectivity index (χ2n) is 5.92. The number of aromatic hydroxyl groups is 2. The van der Waals surface area contributed by atoms with Crippen molar-refractivity contribution in [3.05, 3.63) is 51.5 Å². The van der Waals surface area contributed by atoms with Crippen LogP contribution in [0.25, 0.3) is 5.57 Å². The molecule has 0 spiro atoms. The summed E-state index contributed by atoms with van der Waals surface area (Å²) >= 11 is 3.32. The smallest absolute Gasteiger partial charge is 0.270 e. The molecule has 0 saturated heterocycles. The van der Waals surface area contributed by atoms with E-state index in [0.717, 1.165) is 39.5 Å². The molecule has 0 radical (unpaired) electrons. The Bertz CT molecular complexity index is 837. The molecular formula is C17H15BrN2O3. The van der Waals surface area contributed by atoms with Gasteiger partial charge >= 0.3 is 0 Å². The average Bonchev–Trinajstić information content (AvgIpc) is 2.83. The highest BCUT2D eigenvalue weighted by Gasteiger charge is 2.36. The third kappa shape index (κ3) is 2.16. The molecule has 3 aliphatic carbocycles. The van der Waals surface area contributed by atoms with Crippen LogP contribution in [0.2, 0.25) is 0 Å². The van der Waals surface area contributed by atoms with Crippen LogP contribution < -0.4 is 5.43 Å². The molecule has 0 saturated carbocycles. The maximum Gasteiger partial charge on any atom is 0.270 e. The number of nitrogens with one attached hydrogen (secondary N) is 1. The summed E-state index contributed by atoms with van der Waals surface area (Å²) < 4.78 is 1.96. The second-order valence-corrected chi connectivity index (χ2v) is 6.84. The van der Waals surface area contributed by atoms with E-state index in [-0.39, 0.29) is 17.7 Å². The van der Waals surface area contributed by atoms with Gasteiger partial charge in [0.15, 0.2) is 0 Å². The molecule has 2 bridgehead atoms. The molecule has 6 heteroatoms. The van der Waals surface area contributed by atoms with Crippen LogP contribution in [0.4, 0.5) is 0 Å². The van der Waals surface area contributed by atoms with Crippen molar-refractivity contribution in [3.63, 3.8) is 0 Å². The van der Waals surface area contributed by atoms with Gasteiger partial charge in [-0.05, 0) is 55.0 Å². The van der Waals surface area contributed by atoms with Crippen molar-refractivity contribution in [2.75, 3.05) is 5.43 Å². The molecule has 1 aromatic heterocycles. The van der Waals surface area contributed by atoms with Gasteiger partial charge in [0, 0.05) is 21.2 Å². The zero-order valence-corrected chi connectivity index (χ0v) is 13.8. The molecule has 1 aromatic carbocycles. The number of hydrogen-bond donors (Lipinski definition) is 3. The molecule has 1 amide bonds. The van der Waals surface area contributed by atoms with E-state index < -0.39 is 5.91 Å². The van der Waals surface area contributed by atoms with E-state index in [2.05, 4.69) is 27.4 Å². The lowest BCUT2D eigenvalue weighted by molar-refractivity contribution is 0.100. The van der Waals surface area contributed by atoms with Gasteiger partial charge in [-0.15, -0.1) is 0 Å². The van der Waals surface area contributed by atoms with Gasteiger partial charge in [0.25, 0.3) is 5.91 Å². The van der Waals surface area contributed by atoms with Crippen molar-refractivity contribution < 1.29 is 15.0 Å². The number of aromatic nitrogens is 1. The molecule has 1 heterocycles. The van der Waals surface area contributed by atoms with Gasteiger partial charge in [-0.3, -0.25) is 10.2 Å². The van der Waals surface area contributed by atoms with Crippen molar-refractivity contribution >= 4 is 27.4 Å². The van der Waals surface area contributed by atoms with Crippen LogP contribution in [0.5, 0.6) is 11.8 Å². The van der Waals surface area contributed by atoms with E-state index in [4.69, 9.17) is 0 Å². The predicted molar refractivity (Wildman–Crippen MR) is 90.2 cm³/mol. The summed E-state index contributed by atoms with van der Waals surface area (Å²) in [6, 6.07) is 6.87. The fraction of sp³-hybridized carbons (Fsp3) is 0.235. The minimum Gasteiger partial charge on any atom is -0.493 e. The topological polar surface area (TPSA) is 74.5 Å². The first-order chi connectivity index (χ1) is 11.1. The van der Waals surface area contributed by atoms with Crippen LogP contribution >= 0.6 is 15.9 Å². The van der Waals surface area contributed by atoms with Gasteiger partial charge in [-0.2, -0.15) is 4.68 Å². The molecule has 118 valence electrons. The molecule has 2 aromatic rings. The molecule has 0 aliphatic heterocycles. The Labute approximate surface area is 141 Å². The van der Waals surface area contributed by atoms with Crippen LogP contribution in [0.3, 0.4) is 0 Å². The molecule has 0 fully saturated rings. The van der Waals surface area contributed by atoms with Crippen LogP contribution in [0, 0.1) is 0 Å². The quantitative estimate of drug-likeness (QED) is 0.749. The Morgan fingerprint density at radius 1 is 1.22 bits per heavy atom. The number of carbonyl (C=O) groups is 1. The highest BCUT2D eigenvalue weighted by atomic mass is 79.9. The van der Waals surface area contributed by atoms with Crippen molar-refractivity contribution in [2.24, 2.45) is 0 Å². The number of benzene rings is 1. The first-order valence-electron chi connectivity index (χ1n) is 7.49. The van der Waals surface area contributed by atoms with Crippen LogP contribution in [-0.2, 0) is 0 Å². The first-order valence-corrected chi connectivity index (χ1v) is 8.28. The lowest BCUT2D eigenvalue weighted by Crippen LogP contribution is -2.22. The van der Waals surface area contributed by atoms with E-state index in [1.807, 2.05) is 0 Å². The highest BCUT2D eigenvalue weighted by molar-refractivity contribution is 9.10. The number of hydrogen-bond acceptors (Lipinski definition) is 3. The fourth-order valence-electron chi connectivity index (χ4n) is 3.46. The third-order valence-electron chi connectivity index (χ3n) is 4.62. The summed E-state index contributed by atoms with van der Waals surface area (Å²) in [5.74, 6) is -0.354. The molecule has 1 atom stereocenters. The average molecular weight is 375 g/mol. The van der Waals surface area contributed by atoms with Crippen molar-refractivity contribution in [2.45, 2.75) is 25.2 Å². The Kier molecular flexibility index (Phi) is 3.23. The van der Waals surface area contributed by atoms with Gasteiger partial charge in [-0.25, -0.2) is 0 Å². The normalized spacial score (nSPS) is 18.5. The number of rotatable bonds is 2. The van der Waals surface area contributed by atoms with Crippen molar-refractivity contribution in [1.29, 1.82) is 0 Å². The molecule has 3 N–H and O–H groups in total. The Hall–Kier alpha value is -2.21. The number of carbonyl (C=O) groups excluding carboxylic acids is 1. The van der Waals surface area contributed by atoms with Gasteiger partial charge in [0.05, 0.1) is 0 Å². The van der Waals surface area contributed by atoms with Crippen molar-refractivity contribution in [3.8, 4) is 11.8 Å². The van der Waals surface area contributed by atoms with E-state index in [9.17, 15) is 15.0 Å². The van der Waals surface area contributed by atoms with Gasteiger partial charge < -0.3 is 10.2 Å². The van der Waals surface area contributed by atoms with Crippen LogP contribution in [0.15, 0.2) is 34.8 Å². The molecule has 3 aliphatic rings. The summed E-state index contributed by atoms with van der Waals surface area (Å²) in [4.78, 5) is 12.3. The first kappa shape index (κ1) is 14.4. The monoisotopic (exact) mass is 374 g/mol. The number of fused-ring (bicyclic) bond motifs is 2. The van der Waals surface area contributed by atoms with Gasteiger partial charge in [-0.1, -0.05) is 22.0 Å². The SMILES string of the molecule is O=C(Nn1c(O)c2c(c1O)C1CC=C2CC1)c1ccc(Br)cc1. The fourth-order valence-corrected chi connectivity index (χ4v) is 3.73. The second kappa shape index (κ2) is 5.16. The minimum atomic E-state index is -0.392. The van der Waals surface area contributed by atoms with Crippen LogP contribution in [-0.4, -0.2) is 20.8 Å². The van der Waals surface area contributed by atoms with E-state index in [1.165, 1.54) is 0 Å². The van der Waals surface area contributed by atoms with Crippen molar-refractivity contribution in [1.82, 2.24) is 4.68 Å². The van der Waals surface area contributed by atoms with E-state index >= 15 is 0 Å². The third-order valence-corrected chi connectivity index (χ3v) is 5.15. The van der Waals surface area contributed by atoms with E-state index in [0.29, 0.717) is 11.1 Å². The number of amides is 1. The Balaban J connectivity index is 1.71. The molecule has 1 unspecified atom stereocenters. The standard InChI is InChI=1S/C17H15BrN2O3/c18-12-7-5-11(6-8-12)15(21)19-20-16(22)13-9-1-2-10(4-3-9)14(13)17(20)23/h1,5-8,10,22-23H,2-4H2,(H,19,21). The maximum absolute atomic E-state index is 12.3. The molecule has 5 nitrogen and oxygen atoms in total. The highest BCUT2D eigenvalue weighted by Crippen LogP contribution is 2.53. The maximum atomic E-state index is 12.3. The summed E-state index contributed by atoms with van der Waals surface area (Å²) in [6.45, 7) is 0. The predicted octanol–water partition coefficient (Wildman–Crippen LogP) is 3.71. The number of halogens is 1. The number of allylic oxidation sites excluding steroid dienone is 2. The molecular weight excluding hydrogens is 360 g/mol. The molecule has 23 heavy (non-hydrogen) atoms. The Morgan fingerprint density at radius 2 is 1.96 bits per heavy atom. The zero-order chi connectivity index (χ0) is 16.1. The Morgan fingerprint density at radius 3 is 2.57 bits per heavy atom. The lowest BCUT2D eigenvalue weighted by Gasteiger charge is -2.28. The lowest BCUT2D eigenvalue weighted by atomic mass is 9.75. The largest absolute Gasteiger partial charge is 0.493 e. The summed E-state index contributed by atoms with van der Waals surface area (Å²) in [7, 11) is 0. The summed E-state index contributed by atoms with van der Waals surface area (Å²) in [6.07, 6.45) is 4.85. The van der Waals surface area contributed by atoms with Gasteiger partial charge in [0.2, 0.25) is 11.8 Å². The number of nitrogens with zero attached hydrogens (tertiary/aromatic N) is 1. The van der Waals surface area contributed by atoms with Gasteiger partial charge in [0.1, 0.15) is 0 Å². The minimum absolute atomic E-state index is 0.0711.